The molecule has 0 aliphatic heterocycles. The van der Waals surface area contributed by atoms with E-state index < -0.39 is 144 Å². The maximum atomic E-state index is 14.0. The predicted octanol–water partition coefficient (Wildman–Crippen LogP) is 12.2. The van der Waals surface area contributed by atoms with Gasteiger partial charge in [-0.25, -0.2) is 9.59 Å². The van der Waals surface area contributed by atoms with Crippen molar-refractivity contribution >= 4 is 11.9 Å². The van der Waals surface area contributed by atoms with Gasteiger partial charge in [-0.3, -0.25) is 4.98 Å². The molecule has 0 unspecified atom stereocenters. The zero-order valence-corrected chi connectivity index (χ0v) is 29.5. The van der Waals surface area contributed by atoms with Crippen LogP contribution >= 0.6 is 0 Å². The van der Waals surface area contributed by atoms with Gasteiger partial charge in [-0.2, -0.15) is 149 Å². The molecule has 66 heavy (non-hydrogen) atoms. The highest BCUT2D eigenvalue weighted by molar-refractivity contribution is 5.94. The highest BCUT2D eigenvalue weighted by Gasteiger charge is 2.97. The highest BCUT2D eigenvalue weighted by atomic mass is 19.4. The summed E-state index contributed by atoms with van der Waals surface area (Å²) in [5.74, 6) is -123. The van der Waals surface area contributed by atoms with Crippen LogP contribution in [0.2, 0.25) is 0 Å². The molecular formula is C27H11F34NO4. The molecule has 0 aliphatic rings. The quantitative estimate of drug-likeness (QED) is 0.0962. The molecule has 1 heterocycles. The Morgan fingerprint density at radius 2 is 0.530 bits per heavy atom. The van der Waals surface area contributed by atoms with E-state index in [1.165, 1.54) is 0 Å². The number of ether oxygens (including phenoxy) is 2. The Morgan fingerprint density at radius 3 is 0.742 bits per heavy atom. The van der Waals surface area contributed by atoms with Crippen LogP contribution in [-0.4, -0.2) is 125 Å². The van der Waals surface area contributed by atoms with Crippen molar-refractivity contribution in [1.82, 2.24) is 4.98 Å². The molecule has 0 bridgehead atoms. The summed E-state index contributed by atoms with van der Waals surface area (Å²) in [5.41, 5.74) is -3.01. The van der Waals surface area contributed by atoms with E-state index in [4.69, 9.17) is 0 Å². The number of nitrogens with zero attached hydrogens (tertiary/aromatic N) is 1. The maximum Gasteiger partial charge on any atom is 0.460 e. The third kappa shape index (κ3) is 8.71. The second kappa shape index (κ2) is 16.7. The summed E-state index contributed by atoms with van der Waals surface area (Å²) in [6.45, 7) is -5.20. The number of pyridine rings is 1. The monoisotopic (exact) mass is 1060 g/mol. The number of alkyl halides is 34. The summed E-state index contributed by atoms with van der Waals surface area (Å²) in [7, 11) is 0. The minimum atomic E-state index is -8.98. The first-order valence-corrected chi connectivity index (χ1v) is 15.2. The molecule has 0 saturated heterocycles. The molecule has 1 aromatic heterocycles. The molecule has 5 nitrogen and oxygen atoms in total. The average Bonchev–Trinajstić information content (AvgIpc) is 3.12. The van der Waals surface area contributed by atoms with Crippen molar-refractivity contribution in [2.45, 2.75) is 108 Å². The Labute approximate surface area is 337 Å². The molecule has 0 aromatic carbocycles. The molecule has 0 radical (unpaired) electrons. The smallest absolute Gasteiger partial charge is 0.460 e. The zero-order valence-electron chi connectivity index (χ0n) is 29.5. The predicted molar refractivity (Wildman–Crippen MR) is 135 cm³/mol. The van der Waals surface area contributed by atoms with Crippen molar-refractivity contribution in [1.29, 1.82) is 0 Å². The van der Waals surface area contributed by atoms with Gasteiger partial charge >= 0.3 is 107 Å². The highest BCUT2D eigenvalue weighted by Crippen LogP contribution is 2.66. The number of aromatic nitrogens is 1. The second-order valence-electron chi connectivity index (χ2n) is 12.5. The van der Waals surface area contributed by atoms with Gasteiger partial charge in [-0.05, 0) is 6.07 Å². The van der Waals surface area contributed by atoms with E-state index in [0.717, 1.165) is 0 Å². The second-order valence-corrected chi connectivity index (χ2v) is 12.5. The van der Waals surface area contributed by atoms with Crippen LogP contribution in [0.1, 0.15) is 33.6 Å². The summed E-state index contributed by atoms with van der Waals surface area (Å²) < 4.78 is 462. The molecule has 1 aromatic rings. The summed E-state index contributed by atoms with van der Waals surface area (Å²) in [4.78, 5) is 26.9. The molecule has 0 saturated carbocycles. The molecule has 0 atom stereocenters. The molecular weight excluding hydrogens is 1050 g/mol. The summed E-state index contributed by atoms with van der Waals surface area (Å²) in [6, 6.07) is -0.140. The van der Waals surface area contributed by atoms with Gasteiger partial charge in [0.15, 0.2) is 0 Å². The van der Waals surface area contributed by atoms with Crippen LogP contribution in [0, 0.1) is 0 Å². The Balaban J connectivity index is 3.24. The van der Waals surface area contributed by atoms with E-state index >= 15 is 0 Å². The van der Waals surface area contributed by atoms with Crippen LogP contribution in [0.5, 0.6) is 0 Å². The van der Waals surface area contributed by atoms with Crippen molar-refractivity contribution < 1.29 is 168 Å². The Kier molecular flexibility index (Phi) is 15.1. The molecule has 0 N–H and O–H groups in total. The molecule has 0 amide bonds. The zero-order chi connectivity index (χ0) is 53.4. The average molecular weight is 1060 g/mol. The Hall–Kier alpha value is -4.29. The van der Waals surface area contributed by atoms with Crippen LogP contribution < -0.4 is 0 Å². The first kappa shape index (κ1) is 59.7. The molecule has 39 heteroatoms. The summed E-state index contributed by atoms with van der Waals surface area (Å²) >= 11 is 0. The first-order chi connectivity index (χ1) is 28.5. The van der Waals surface area contributed by atoms with E-state index in [0.29, 0.717) is 0 Å². The third-order valence-electron chi connectivity index (χ3n) is 8.08. The number of hydrogen-bond acceptors (Lipinski definition) is 5. The number of carbonyl (C=O) groups is 2. The molecule has 0 fully saturated rings. The number of halogens is 34. The lowest BCUT2D eigenvalue weighted by Gasteiger charge is -2.42. The molecule has 0 aliphatic carbocycles. The lowest BCUT2D eigenvalue weighted by Crippen LogP contribution is -2.74. The lowest BCUT2D eigenvalue weighted by atomic mass is 9.88. The lowest BCUT2D eigenvalue weighted by molar-refractivity contribution is -0.461. The summed E-state index contributed by atoms with van der Waals surface area (Å²) in [6.07, 6.45) is -22.7. The van der Waals surface area contributed by atoms with Crippen molar-refractivity contribution in [3.63, 3.8) is 0 Å². The standard InChI is InChI=1S/C27H11F34NO4/c28-12(29,14(32,33)16(36,37)18(40,41)20(44,45)22(48,49)24(52,53)26(56,57)58)1-3-65-10(63)8-5-9(7-62-6-8)11(64)66-4-2-13(30,31)15(34,35)17(38,39)19(42,43)21(46,47)23(50,51)25(54,55)27(59,60)61/h5-7H,1-4H2. The van der Waals surface area contributed by atoms with Gasteiger partial charge in [-0.15, -0.1) is 0 Å². The summed E-state index contributed by atoms with van der Waals surface area (Å²) in [5, 5.41) is 0. The number of rotatable bonds is 20. The van der Waals surface area contributed by atoms with Gasteiger partial charge in [-0.1, -0.05) is 0 Å². The van der Waals surface area contributed by atoms with Crippen LogP contribution in [0.4, 0.5) is 149 Å². The van der Waals surface area contributed by atoms with Crippen LogP contribution in [-0.2, 0) is 9.47 Å². The normalized spacial score (nSPS) is 15.8. The van der Waals surface area contributed by atoms with Gasteiger partial charge in [0.1, 0.15) is 0 Å². The fraction of sp³-hybridized carbons (Fsp3) is 0.741. The van der Waals surface area contributed by atoms with Crippen LogP contribution in [0.25, 0.3) is 0 Å². The van der Waals surface area contributed by atoms with Crippen molar-refractivity contribution in [3.8, 4) is 0 Å². The van der Waals surface area contributed by atoms with Gasteiger partial charge in [0.25, 0.3) is 0 Å². The minimum absolute atomic E-state index is 0.0282. The van der Waals surface area contributed by atoms with Gasteiger partial charge in [0, 0.05) is 12.4 Å². The fourth-order valence-electron chi connectivity index (χ4n) is 4.08. The van der Waals surface area contributed by atoms with Crippen LogP contribution in [0.3, 0.4) is 0 Å². The number of hydrogen-bond donors (Lipinski definition) is 0. The largest absolute Gasteiger partial charge is 0.462 e. The van der Waals surface area contributed by atoms with E-state index in [1.54, 1.807) is 0 Å². The third-order valence-corrected chi connectivity index (χ3v) is 8.08. The fourth-order valence-corrected chi connectivity index (χ4v) is 4.08. The van der Waals surface area contributed by atoms with E-state index in [2.05, 4.69) is 14.5 Å². The number of carbonyl (C=O) groups excluding carboxylic acids is 2. The van der Waals surface area contributed by atoms with Crippen molar-refractivity contribution in [3.05, 3.63) is 29.6 Å². The van der Waals surface area contributed by atoms with Crippen molar-refractivity contribution in [2.24, 2.45) is 0 Å². The molecule has 1 rings (SSSR count). The van der Waals surface area contributed by atoms with Crippen molar-refractivity contribution in [2.75, 3.05) is 13.2 Å². The first-order valence-electron chi connectivity index (χ1n) is 15.2. The van der Waals surface area contributed by atoms with Crippen LogP contribution in [0.15, 0.2) is 18.5 Å². The Bertz CT molecular complexity index is 1780. The molecule has 386 valence electrons. The van der Waals surface area contributed by atoms with E-state index in [-0.39, 0.29) is 18.5 Å². The maximum absolute atomic E-state index is 14.0. The van der Waals surface area contributed by atoms with E-state index in [9.17, 15) is 159 Å². The molecule has 0 spiro atoms. The SMILES string of the molecule is O=C(OCCC(F)(F)C(F)(F)C(F)(F)C(F)(F)C(F)(F)C(F)(F)C(F)(F)C(F)(F)F)c1cncc(C(=O)OCCC(F)(F)C(F)(F)C(F)(F)C(F)(F)C(F)(F)C(F)(F)C(F)(F)C(F)(F)F)c1. The van der Waals surface area contributed by atoms with Gasteiger partial charge in [0.2, 0.25) is 0 Å². The Morgan fingerprint density at radius 1 is 0.333 bits per heavy atom. The van der Waals surface area contributed by atoms with Gasteiger partial charge < -0.3 is 9.47 Å². The van der Waals surface area contributed by atoms with Gasteiger partial charge in [0.05, 0.1) is 37.2 Å². The minimum Gasteiger partial charge on any atom is -0.462 e. The van der Waals surface area contributed by atoms with E-state index in [1.807, 2.05) is 0 Å². The number of esters is 2. The topological polar surface area (TPSA) is 65.5 Å².